The van der Waals surface area contributed by atoms with Gasteiger partial charge < -0.3 is 10.2 Å². The third-order valence-electron chi connectivity index (χ3n) is 7.27. The molecule has 2 N–H and O–H groups in total. The average Bonchev–Trinajstić information content (AvgIpc) is 3.05. The highest BCUT2D eigenvalue weighted by molar-refractivity contribution is 5.72. The molecule has 1 amide bonds. The van der Waals surface area contributed by atoms with Crippen molar-refractivity contribution in [3.63, 3.8) is 0 Å². The molecule has 3 aliphatic rings. The quantitative estimate of drug-likeness (QED) is 0.449. The van der Waals surface area contributed by atoms with Gasteiger partial charge in [-0.15, -0.1) is 0 Å². The summed E-state index contributed by atoms with van der Waals surface area (Å²) >= 11 is 0. The van der Waals surface area contributed by atoms with Crippen LogP contribution in [0.5, 0.6) is 0 Å². The molecule has 0 aliphatic heterocycles. The summed E-state index contributed by atoms with van der Waals surface area (Å²) in [4.78, 5) is 17.2. The van der Waals surface area contributed by atoms with Crippen LogP contribution in [0.4, 0.5) is 13.2 Å². The number of allylic oxidation sites excluding steroid dienone is 4. The number of nitrogens with zero attached hydrogens (tertiary/aromatic N) is 1. The molecule has 3 aliphatic carbocycles. The third kappa shape index (κ3) is 5.78. The molecule has 1 unspecified atom stereocenters. The van der Waals surface area contributed by atoms with E-state index in [1.54, 1.807) is 6.92 Å². The molecule has 2 fully saturated rings. The fraction of sp³-hybridized carbons (Fsp3) is 0.640. The fourth-order valence-corrected chi connectivity index (χ4v) is 5.58. The lowest BCUT2D eigenvalue weighted by atomic mass is 9.63. The van der Waals surface area contributed by atoms with Gasteiger partial charge in [0.1, 0.15) is 12.6 Å². The zero-order chi connectivity index (χ0) is 24.6. The molecule has 8 heteroatoms. The first-order valence-electron chi connectivity index (χ1n) is 11.5. The Labute approximate surface area is 193 Å². The molecule has 0 heterocycles. The first-order chi connectivity index (χ1) is 15.3. The van der Waals surface area contributed by atoms with Gasteiger partial charge in [0.25, 0.3) is 0 Å². The van der Waals surface area contributed by atoms with Crippen molar-refractivity contribution in [1.82, 2.24) is 5.06 Å². The van der Waals surface area contributed by atoms with Crippen LogP contribution in [0.3, 0.4) is 0 Å². The van der Waals surface area contributed by atoms with Crippen molar-refractivity contribution in [1.29, 1.82) is 0 Å². The lowest BCUT2D eigenvalue weighted by Crippen LogP contribution is -2.42. The molecule has 0 spiro atoms. The fourth-order valence-electron chi connectivity index (χ4n) is 5.58. The van der Waals surface area contributed by atoms with Gasteiger partial charge in [-0.05, 0) is 67.1 Å². The summed E-state index contributed by atoms with van der Waals surface area (Å²) < 4.78 is 38.6. The molecule has 2 saturated carbocycles. The van der Waals surface area contributed by atoms with Gasteiger partial charge in [0.15, 0.2) is 0 Å². The van der Waals surface area contributed by atoms with Crippen LogP contribution in [-0.2, 0) is 9.63 Å². The van der Waals surface area contributed by atoms with Crippen molar-refractivity contribution in [3.05, 3.63) is 47.1 Å². The van der Waals surface area contributed by atoms with Gasteiger partial charge in [-0.2, -0.15) is 13.2 Å². The van der Waals surface area contributed by atoms with Crippen LogP contribution in [0.15, 0.2) is 47.1 Å². The third-order valence-corrected chi connectivity index (χ3v) is 7.27. The number of halogens is 3. The smallest absolute Gasteiger partial charge is 0.393 e. The second-order valence-corrected chi connectivity index (χ2v) is 9.71. The summed E-state index contributed by atoms with van der Waals surface area (Å²) in [5.41, 5.74) is 3.36. The Kier molecular flexibility index (Phi) is 7.61. The molecule has 0 aromatic carbocycles. The van der Waals surface area contributed by atoms with E-state index in [1.165, 1.54) is 5.57 Å². The summed E-state index contributed by atoms with van der Waals surface area (Å²) in [5, 5.41) is 20.5. The predicted molar refractivity (Wildman–Crippen MR) is 119 cm³/mol. The van der Waals surface area contributed by atoms with E-state index >= 15 is 0 Å². The van der Waals surface area contributed by atoms with Crippen LogP contribution in [-0.4, -0.2) is 52.2 Å². The molecule has 33 heavy (non-hydrogen) atoms. The van der Waals surface area contributed by atoms with E-state index in [0.29, 0.717) is 23.5 Å². The Balaban J connectivity index is 1.77. The van der Waals surface area contributed by atoms with Crippen LogP contribution in [0.1, 0.15) is 59.3 Å². The van der Waals surface area contributed by atoms with E-state index in [9.17, 15) is 28.2 Å². The average molecular weight is 470 g/mol. The molecule has 0 aromatic rings. The SMILES string of the molecule is C=C1C(=CC=C2CCC[C@]3(C)C([C@H](C)ON(CC(F)(F)F)C(C)=O)=CCC23)C[C@@H](O)C[C@@H]1O. The minimum absolute atomic E-state index is 0.184. The number of alkyl halides is 3. The van der Waals surface area contributed by atoms with Gasteiger partial charge >= 0.3 is 6.18 Å². The monoisotopic (exact) mass is 469 g/mol. The van der Waals surface area contributed by atoms with Gasteiger partial charge in [0, 0.05) is 13.3 Å². The molecule has 5 atom stereocenters. The highest BCUT2D eigenvalue weighted by atomic mass is 19.4. The number of hydrogen-bond donors (Lipinski definition) is 2. The number of hydrogen-bond acceptors (Lipinski definition) is 4. The van der Waals surface area contributed by atoms with Crippen molar-refractivity contribution < 1.29 is 33.0 Å². The van der Waals surface area contributed by atoms with Crippen molar-refractivity contribution in [2.75, 3.05) is 6.54 Å². The maximum Gasteiger partial charge on any atom is 0.408 e. The largest absolute Gasteiger partial charge is 0.408 e. The van der Waals surface area contributed by atoms with E-state index in [1.807, 2.05) is 12.2 Å². The standard InChI is InChI=1S/C25H34F3NO4/c1-15-19(12-20(31)13-23(15)32)8-7-18-6-5-11-24(4)21(9-10-22(18)24)16(2)33-29(17(3)30)14-25(26,27)28/h7-9,16,20,22-23,31-32H,1,5-6,10-14H2,2-4H3/t16-,20+,22?,23-,24+/m0/s1. The summed E-state index contributed by atoms with van der Waals surface area (Å²) in [6.07, 6.45) is 3.72. The summed E-state index contributed by atoms with van der Waals surface area (Å²) in [6, 6.07) is 0. The van der Waals surface area contributed by atoms with Gasteiger partial charge in [-0.1, -0.05) is 37.3 Å². The predicted octanol–water partition coefficient (Wildman–Crippen LogP) is 4.78. The number of aliphatic hydroxyl groups excluding tert-OH is 2. The van der Waals surface area contributed by atoms with E-state index in [-0.39, 0.29) is 11.3 Å². The van der Waals surface area contributed by atoms with Crippen LogP contribution < -0.4 is 0 Å². The van der Waals surface area contributed by atoms with Crippen molar-refractivity contribution in [2.24, 2.45) is 11.3 Å². The summed E-state index contributed by atoms with van der Waals surface area (Å²) in [5.74, 6) is -0.600. The Morgan fingerprint density at radius 1 is 1.39 bits per heavy atom. The molecular weight excluding hydrogens is 435 g/mol. The highest BCUT2D eigenvalue weighted by Gasteiger charge is 2.47. The summed E-state index contributed by atoms with van der Waals surface area (Å²) in [6.45, 7) is 7.39. The summed E-state index contributed by atoms with van der Waals surface area (Å²) in [7, 11) is 0. The molecule has 5 nitrogen and oxygen atoms in total. The van der Waals surface area contributed by atoms with Gasteiger partial charge in [-0.3, -0.25) is 9.63 Å². The van der Waals surface area contributed by atoms with Gasteiger partial charge in [-0.25, -0.2) is 5.06 Å². The van der Waals surface area contributed by atoms with Crippen LogP contribution in [0, 0.1) is 11.3 Å². The number of amides is 1. The minimum atomic E-state index is -4.54. The molecule has 0 saturated heterocycles. The minimum Gasteiger partial charge on any atom is -0.393 e. The number of hydroxylamine groups is 2. The maximum absolute atomic E-state index is 12.9. The van der Waals surface area contributed by atoms with Crippen molar-refractivity contribution >= 4 is 5.91 Å². The van der Waals surface area contributed by atoms with Gasteiger partial charge in [0.2, 0.25) is 5.91 Å². The molecule has 0 aromatic heterocycles. The molecular formula is C25H34F3NO4. The Morgan fingerprint density at radius 2 is 2.09 bits per heavy atom. The number of fused-ring (bicyclic) bond motifs is 1. The number of carbonyl (C=O) groups excluding carboxylic acids is 1. The lowest BCUT2D eigenvalue weighted by molar-refractivity contribution is -0.242. The first-order valence-corrected chi connectivity index (χ1v) is 11.5. The maximum atomic E-state index is 12.9. The Hall–Kier alpha value is -1.90. The van der Waals surface area contributed by atoms with E-state index in [2.05, 4.69) is 19.6 Å². The Bertz CT molecular complexity index is 875. The van der Waals surface area contributed by atoms with E-state index in [0.717, 1.165) is 43.8 Å². The van der Waals surface area contributed by atoms with E-state index in [4.69, 9.17) is 4.84 Å². The second kappa shape index (κ2) is 9.76. The zero-order valence-electron chi connectivity index (χ0n) is 19.5. The lowest BCUT2D eigenvalue weighted by Gasteiger charge is -2.42. The second-order valence-electron chi connectivity index (χ2n) is 9.71. The topological polar surface area (TPSA) is 70.0 Å². The van der Waals surface area contributed by atoms with E-state index < -0.39 is 36.9 Å². The van der Waals surface area contributed by atoms with Gasteiger partial charge in [0.05, 0.1) is 12.2 Å². The number of carbonyl (C=O) groups is 1. The van der Waals surface area contributed by atoms with Crippen LogP contribution in [0.2, 0.25) is 0 Å². The number of aliphatic hydroxyl groups is 2. The number of rotatable bonds is 5. The van der Waals surface area contributed by atoms with Crippen molar-refractivity contribution in [2.45, 2.75) is 83.8 Å². The molecule has 0 radical (unpaired) electrons. The first kappa shape index (κ1) is 25.7. The molecule has 184 valence electrons. The van der Waals surface area contributed by atoms with Crippen LogP contribution >= 0.6 is 0 Å². The molecule has 3 rings (SSSR count). The van der Waals surface area contributed by atoms with Crippen LogP contribution in [0.25, 0.3) is 0 Å². The highest BCUT2D eigenvalue weighted by Crippen LogP contribution is 2.56. The van der Waals surface area contributed by atoms with Crippen molar-refractivity contribution in [3.8, 4) is 0 Å². The molecule has 0 bridgehead atoms. The normalized spacial score (nSPS) is 33.8. The Morgan fingerprint density at radius 3 is 2.73 bits per heavy atom. The zero-order valence-corrected chi connectivity index (χ0v) is 19.5.